The normalized spacial score (nSPS) is 16.0. The van der Waals surface area contributed by atoms with Crippen molar-refractivity contribution in [3.63, 3.8) is 0 Å². The summed E-state index contributed by atoms with van der Waals surface area (Å²) in [5.74, 6) is -0.309. The van der Waals surface area contributed by atoms with Crippen LogP contribution in [-0.2, 0) is 10.4 Å². The summed E-state index contributed by atoms with van der Waals surface area (Å²) in [7, 11) is -0.806. The van der Waals surface area contributed by atoms with E-state index < -0.39 is 28.0 Å². The minimum Gasteiger partial charge on any atom is -0.497 e. The molecule has 1 atom stereocenters. The Bertz CT molecular complexity index is 997. The van der Waals surface area contributed by atoms with Gasteiger partial charge < -0.3 is 23.1 Å². The SMILES string of the molecule is COc1ccc([C@@H]2CC(=O)c3c(cc(OC)c(OC)c3OS(=O)(=O)O)O2)cc1. The fourth-order valence-corrected chi connectivity index (χ4v) is 3.32. The number of benzene rings is 2. The van der Waals surface area contributed by atoms with E-state index in [1.165, 1.54) is 20.3 Å². The maximum Gasteiger partial charge on any atom is 0.446 e. The van der Waals surface area contributed by atoms with Crippen molar-refractivity contribution >= 4 is 16.2 Å². The lowest BCUT2D eigenvalue weighted by Gasteiger charge is -2.28. The van der Waals surface area contributed by atoms with Gasteiger partial charge in [-0.3, -0.25) is 9.35 Å². The Kier molecular flexibility index (Phi) is 5.34. The highest BCUT2D eigenvalue weighted by Crippen LogP contribution is 2.49. The van der Waals surface area contributed by atoms with Crippen LogP contribution in [0.1, 0.15) is 28.4 Å². The molecule has 3 rings (SSSR count). The Balaban J connectivity index is 2.09. The van der Waals surface area contributed by atoms with E-state index in [-0.39, 0.29) is 29.2 Å². The molecule has 0 radical (unpaired) electrons. The van der Waals surface area contributed by atoms with Crippen molar-refractivity contribution in [1.82, 2.24) is 0 Å². The summed E-state index contributed by atoms with van der Waals surface area (Å²) < 4.78 is 57.6. The van der Waals surface area contributed by atoms with Crippen LogP contribution in [0.4, 0.5) is 0 Å². The second-order valence-corrected chi connectivity index (χ2v) is 6.85. The molecule has 0 fully saturated rings. The summed E-state index contributed by atoms with van der Waals surface area (Å²) in [5, 5.41) is 0. The fourth-order valence-electron chi connectivity index (χ4n) is 2.95. The minimum absolute atomic E-state index is 0.0494. The van der Waals surface area contributed by atoms with E-state index in [0.717, 1.165) is 5.56 Å². The van der Waals surface area contributed by atoms with Crippen LogP contribution in [0.2, 0.25) is 0 Å². The van der Waals surface area contributed by atoms with Crippen LogP contribution in [0.5, 0.6) is 28.7 Å². The number of carbonyl (C=O) groups is 1. The Morgan fingerprint density at radius 1 is 1.04 bits per heavy atom. The van der Waals surface area contributed by atoms with E-state index >= 15 is 0 Å². The Labute approximate surface area is 161 Å². The standard InChI is InChI=1S/C18H18O9S/c1-23-11-6-4-10(5-7-11)13-8-12(19)16-14(26-13)9-15(24-2)17(25-3)18(16)27-28(20,21)22/h4-7,9,13H,8H2,1-3H3,(H,20,21,22)/t13-/m0/s1. The van der Waals surface area contributed by atoms with Crippen molar-refractivity contribution in [2.24, 2.45) is 0 Å². The van der Waals surface area contributed by atoms with Gasteiger partial charge in [-0.2, -0.15) is 8.42 Å². The number of Topliss-reactive ketones (excluding diaryl/α,β-unsaturated/α-hetero) is 1. The molecule has 2 aromatic rings. The lowest BCUT2D eigenvalue weighted by molar-refractivity contribution is 0.0845. The van der Waals surface area contributed by atoms with Gasteiger partial charge in [0.15, 0.2) is 11.5 Å². The maximum atomic E-state index is 12.8. The summed E-state index contributed by atoms with van der Waals surface area (Å²) in [6.45, 7) is 0. The summed E-state index contributed by atoms with van der Waals surface area (Å²) >= 11 is 0. The van der Waals surface area contributed by atoms with Gasteiger partial charge >= 0.3 is 10.4 Å². The molecular weight excluding hydrogens is 392 g/mol. The predicted molar refractivity (Wildman–Crippen MR) is 97.0 cm³/mol. The first-order valence-corrected chi connectivity index (χ1v) is 9.43. The zero-order chi connectivity index (χ0) is 20.5. The monoisotopic (exact) mass is 410 g/mol. The zero-order valence-corrected chi connectivity index (χ0v) is 16.1. The van der Waals surface area contributed by atoms with Gasteiger partial charge in [-0.15, -0.1) is 0 Å². The van der Waals surface area contributed by atoms with Crippen LogP contribution in [-0.4, -0.2) is 40.1 Å². The first-order valence-electron chi connectivity index (χ1n) is 8.07. The van der Waals surface area contributed by atoms with Crippen molar-refractivity contribution in [3.05, 3.63) is 41.5 Å². The zero-order valence-electron chi connectivity index (χ0n) is 15.3. The van der Waals surface area contributed by atoms with Crippen molar-refractivity contribution in [2.45, 2.75) is 12.5 Å². The van der Waals surface area contributed by atoms with Crippen LogP contribution >= 0.6 is 0 Å². The van der Waals surface area contributed by atoms with Crippen molar-refractivity contribution in [2.75, 3.05) is 21.3 Å². The fraction of sp³-hybridized carbons (Fsp3) is 0.278. The number of carbonyl (C=O) groups excluding carboxylic acids is 1. The molecule has 10 heteroatoms. The largest absolute Gasteiger partial charge is 0.497 e. The van der Waals surface area contributed by atoms with Crippen LogP contribution in [0, 0.1) is 0 Å². The second kappa shape index (κ2) is 7.56. The molecule has 1 aliphatic rings. The van der Waals surface area contributed by atoms with E-state index in [1.54, 1.807) is 31.4 Å². The molecule has 0 amide bonds. The summed E-state index contributed by atoms with van der Waals surface area (Å²) in [5.41, 5.74) is 0.576. The maximum absolute atomic E-state index is 12.8. The molecule has 1 N–H and O–H groups in total. The quantitative estimate of drug-likeness (QED) is 0.717. The average molecular weight is 410 g/mol. The number of fused-ring (bicyclic) bond motifs is 1. The molecule has 0 spiro atoms. The molecule has 0 saturated heterocycles. The van der Waals surface area contributed by atoms with Crippen molar-refractivity contribution < 1.29 is 40.9 Å². The van der Waals surface area contributed by atoms with E-state index in [0.29, 0.717) is 5.75 Å². The van der Waals surface area contributed by atoms with Crippen LogP contribution in [0.25, 0.3) is 0 Å². The molecule has 9 nitrogen and oxygen atoms in total. The average Bonchev–Trinajstić information content (AvgIpc) is 2.66. The Morgan fingerprint density at radius 3 is 2.25 bits per heavy atom. The number of ether oxygens (including phenoxy) is 4. The number of hydrogen-bond donors (Lipinski definition) is 1. The molecule has 0 bridgehead atoms. The molecule has 2 aromatic carbocycles. The minimum atomic E-state index is -4.92. The van der Waals surface area contributed by atoms with Gasteiger partial charge in [-0.05, 0) is 17.7 Å². The molecule has 1 heterocycles. The third-order valence-corrected chi connectivity index (χ3v) is 4.56. The van der Waals surface area contributed by atoms with Gasteiger partial charge in [0.2, 0.25) is 11.5 Å². The highest BCUT2D eigenvalue weighted by Gasteiger charge is 2.36. The molecule has 0 aliphatic carbocycles. The first-order chi connectivity index (χ1) is 13.3. The van der Waals surface area contributed by atoms with Gasteiger partial charge in [0.25, 0.3) is 0 Å². The number of ketones is 1. The van der Waals surface area contributed by atoms with Gasteiger partial charge in [0.05, 0.1) is 27.8 Å². The predicted octanol–water partition coefficient (Wildman–Crippen LogP) is 2.60. The molecule has 0 aromatic heterocycles. The molecule has 150 valence electrons. The molecule has 28 heavy (non-hydrogen) atoms. The topological polar surface area (TPSA) is 118 Å². The van der Waals surface area contributed by atoms with Gasteiger partial charge in [0.1, 0.15) is 23.2 Å². The van der Waals surface area contributed by atoms with E-state index in [9.17, 15) is 13.2 Å². The Morgan fingerprint density at radius 2 is 1.71 bits per heavy atom. The third-order valence-electron chi connectivity index (χ3n) is 4.18. The van der Waals surface area contributed by atoms with Crippen molar-refractivity contribution in [1.29, 1.82) is 0 Å². The van der Waals surface area contributed by atoms with E-state index in [2.05, 4.69) is 4.18 Å². The number of rotatable bonds is 6. The molecule has 0 unspecified atom stereocenters. The molecular formula is C18H18O9S. The highest BCUT2D eigenvalue weighted by molar-refractivity contribution is 7.81. The lowest BCUT2D eigenvalue weighted by atomic mass is 9.95. The molecule has 1 aliphatic heterocycles. The van der Waals surface area contributed by atoms with Crippen LogP contribution in [0.3, 0.4) is 0 Å². The van der Waals surface area contributed by atoms with Gasteiger partial charge in [-0.25, -0.2) is 0 Å². The van der Waals surface area contributed by atoms with E-state index in [4.69, 9.17) is 23.5 Å². The summed E-state index contributed by atoms with van der Waals surface area (Å²) in [6, 6.07) is 8.40. The number of methoxy groups -OCH3 is 3. The van der Waals surface area contributed by atoms with Crippen molar-refractivity contribution in [3.8, 4) is 28.7 Å². The van der Waals surface area contributed by atoms with Crippen LogP contribution < -0.4 is 23.1 Å². The van der Waals surface area contributed by atoms with Gasteiger partial charge in [-0.1, -0.05) is 12.1 Å². The van der Waals surface area contributed by atoms with E-state index in [1.807, 2.05) is 0 Å². The Hall–Kier alpha value is -2.98. The number of hydrogen-bond acceptors (Lipinski definition) is 8. The van der Waals surface area contributed by atoms with Crippen LogP contribution in [0.15, 0.2) is 30.3 Å². The highest BCUT2D eigenvalue weighted by atomic mass is 32.3. The smallest absolute Gasteiger partial charge is 0.446 e. The summed E-state index contributed by atoms with van der Waals surface area (Å²) in [6.07, 6.45) is -0.681. The third kappa shape index (κ3) is 3.82. The summed E-state index contributed by atoms with van der Waals surface area (Å²) in [4.78, 5) is 12.8. The lowest BCUT2D eigenvalue weighted by Crippen LogP contribution is -2.22. The first kappa shape index (κ1) is 19.8. The second-order valence-electron chi connectivity index (χ2n) is 5.83. The van der Waals surface area contributed by atoms with Gasteiger partial charge in [0, 0.05) is 6.07 Å². The molecule has 0 saturated carbocycles.